The van der Waals surface area contributed by atoms with Crippen molar-refractivity contribution in [1.29, 1.82) is 0 Å². The molecule has 0 atom stereocenters. The topological polar surface area (TPSA) is 31.0 Å². The molecule has 0 bridgehead atoms. The molecule has 0 fully saturated rings. The molecule has 3 nitrogen and oxygen atoms in total. The Morgan fingerprint density at radius 2 is 2.33 bits per heavy atom. The van der Waals surface area contributed by atoms with Crippen LogP contribution >= 0.6 is 0 Å². The van der Waals surface area contributed by atoms with Gasteiger partial charge in [0.1, 0.15) is 0 Å². The van der Waals surface area contributed by atoms with Crippen molar-refractivity contribution in [1.82, 2.24) is 9.90 Å². The maximum absolute atomic E-state index is 4.46. The van der Waals surface area contributed by atoms with E-state index >= 15 is 0 Å². The SMILES string of the molecule is Cc1non1C. The highest BCUT2D eigenvalue weighted by Crippen LogP contribution is 1.87. The van der Waals surface area contributed by atoms with E-state index < -0.39 is 0 Å². The van der Waals surface area contributed by atoms with Crippen LogP contribution in [0.3, 0.4) is 0 Å². The predicted molar refractivity (Wildman–Crippen MR) is 20.2 cm³/mol. The fourth-order valence-electron chi connectivity index (χ4n) is 0.204. The minimum Gasteiger partial charge on any atom is -0.265 e. The van der Waals surface area contributed by atoms with E-state index in [2.05, 4.69) is 9.79 Å². The highest BCUT2D eigenvalue weighted by atomic mass is 16.6. The van der Waals surface area contributed by atoms with Gasteiger partial charge in [-0.3, -0.25) is 4.63 Å². The number of hydrogen-bond acceptors (Lipinski definition) is 2. The molecule has 0 saturated carbocycles. The summed E-state index contributed by atoms with van der Waals surface area (Å²) in [5.74, 6) is 0.926. The average Bonchev–Trinajstić information content (AvgIpc) is 1.61. The Kier molecular flexibility index (Phi) is 0.498. The van der Waals surface area contributed by atoms with Crippen molar-refractivity contribution in [3.63, 3.8) is 0 Å². The minimum atomic E-state index is 0.926. The molecule has 3 heteroatoms. The van der Waals surface area contributed by atoms with Crippen molar-refractivity contribution in [2.24, 2.45) is 7.05 Å². The molecule has 1 heterocycles. The van der Waals surface area contributed by atoms with Crippen molar-refractivity contribution in [2.45, 2.75) is 6.92 Å². The summed E-state index contributed by atoms with van der Waals surface area (Å²) in [5.41, 5.74) is 0. The van der Waals surface area contributed by atoms with Gasteiger partial charge in [-0.2, -0.15) is 4.74 Å². The summed E-state index contributed by atoms with van der Waals surface area (Å²) in [6.07, 6.45) is 0. The summed E-state index contributed by atoms with van der Waals surface area (Å²) in [5, 5.41) is 3.49. The van der Waals surface area contributed by atoms with E-state index in [9.17, 15) is 0 Å². The van der Waals surface area contributed by atoms with Crippen molar-refractivity contribution >= 4 is 0 Å². The fourth-order valence-corrected chi connectivity index (χ4v) is 0.204. The van der Waals surface area contributed by atoms with E-state index in [-0.39, 0.29) is 0 Å². The zero-order valence-electron chi connectivity index (χ0n) is 3.80. The molecule has 0 aliphatic carbocycles. The standard InChI is InChI=1S/C3H6N2O/c1-3-4-6-5(3)2/h1-2H3. The van der Waals surface area contributed by atoms with Crippen LogP contribution in [0.4, 0.5) is 0 Å². The van der Waals surface area contributed by atoms with E-state index in [0.717, 1.165) is 5.82 Å². The van der Waals surface area contributed by atoms with Crippen molar-refractivity contribution in [3.05, 3.63) is 5.82 Å². The molecule has 1 rings (SSSR count). The number of aryl methyl sites for hydroxylation is 2. The van der Waals surface area contributed by atoms with Crippen molar-refractivity contribution in [2.75, 3.05) is 0 Å². The second kappa shape index (κ2) is 0.864. The molecule has 0 N–H and O–H groups in total. The first-order valence-electron chi connectivity index (χ1n) is 1.76. The third-order valence-corrected chi connectivity index (χ3v) is 0.751. The highest BCUT2D eigenvalue weighted by molar-refractivity contribution is 4.68. The summed E-state index contributed by atoms with van der Waals surface area (Å²) < 4.78 is 6.06. The Hall–Kier alpha value is -0.730. The summed E-state index contributed by atoms with van der Waals surface area (Å²) in [7, 11) is 1.81. The van der Waals surface area contributed by atoms with Crippen LogP contribution in [0.2, 0.25) is 0 Å². The molecular formula is C3H6N2O. The fraction of sp³-hybridized carbons (Fsp3) is 0.667. The van der Waals surface area contributed by atoms with Crippen molar-refractivity contribution in [3.8, 4) is 0 Å². The lowest BCUT2D eigenvalue weighted by Crippen LogP contribution is -2.03. The highest BCUT2D eigenvalue weighted by Gasteiger charge is 1.91. The average molecular weight is 86.1 g/mol. The second-order valence-electron chi connectivity index (χ2n) is 1.22. The first kappa shape index (κ1) is 3.46. The van der Waals surface area contributed by atoms with Crippen LogP contribution in [-0.4, -0.2) is 9.90 Å². The predicted octanol–water partition coefficient (Wildman–Crippen LogP) is 0.322. The Bertz CT molecular complexity index is 115. The van der Waals surface area contributed by atoms with Crippen LogP contribution in [0.15, 0.2) is 4.63 Å². The Morgan fingerprint density at radius 1 is 1.83 bits per heavy atom. The molecule has 34 valence electrons. The molecular weight excluding hydrogens is 80.0 g/mol. The van der Waals surface area contributed by atoms with Gasteiger partial charge in [0, 0.05) is 14.0 Å². The van der Waals surface area contributed by atoms with Gasteiger partial charge in [-0.05, 0) is 5.16 Å². The van der Waals surface area contributed by atoms with Crippen LogP contribution in [0.5, 0.6) is 0 Å². The zero-order valence-corrected chi connectivity index (χ0v) is 3.80. The Labute approximate surface area is 35.5 Å². The molecule has 0 aliphatic rings. The van der Waals surface area contributed by atoms with E-state index in [1.54, 1.807) is 4.74 Å². The monoisotopic (exact) mass is 86.0 g/mol. The lowest BCUT2D eigenvalue weighted by Gasteiger charge is -1.98. The van der Waals surface area contributed by atoms with Crippen LogP contribution in [0.1, 0.15) is 5.82 Å². The van der Waals surface area contributed by atoms with Crippen LogP contribution < -0.4 is 0 Å². The van der Waals surface area contributed by atoms with E-state index in [1.807, 2.05) is 14.0 Å². The largest absolute Gasteiger partial charge is 0.265 e. The number of aromatic nitrogens is 2. The van der Waals surface area contributed by atoms with Crippen LogP contribution in [0.25, 0.3) is 0 Å². The zero-order chi connectivity index (χ0) is 4.57. The molecule has 0 aliphatic heterocycles. The third kappa shape index (κ3) is 0.246. The van der Waals surface area contributed by atoms with Gasteiger partial charge in [-0.1, -0.05) is 0 Å². The van der Waals surface area contributed by atoms with Crippen molar-refractivity contribution < 1.29 is 4.63 Å². The van der Waals surface area contributed by atoms with Crippen LogP contribution in [0, 0.1) is 6.92 Å². The maximum atomic E-state index is 4.46. The molecule has 0 amide bonds. The third-order valence-electron chi connectivity index (χ3n) is 0.751. The number of hydrogen-bond donors (Lipinski definition) is 0. The van der Waals surface area contributed by atoms with E-state index in [4.69, 9.17) is 0 Å². The van der Waals surface area contributed by atoms with Gasteiger partial charge in [0.05, 0.1) is 0 Å². The van der Waals surface area contributed by atoms with Gasteiger partial charge in [0.25, 0.3) is 0 Å². The first-order chi connectivity index (χ1) is 2.80. The lowest BCUT2D eigenvalue weighted by atomic mass is 10.7. The van der Waals surface area contributed by atoms with Crippen LogP contribution in [-0.2, 0) is 7.05 Å². The van der Waals surface area contributed by atoms with Gasteiger partial charge in [0.2, 0.25) is 0 Å². The van der Waals surface area contributed by atoms with Gasteiger partial charge in [-0.25, -0.2) is 0 Å². The molecule has 6 heavy (non-hydrogen) atoms. The van der Waals surface area contributed by atoms with Gasteiger partial charge >= 0.3 is 0 Å². The van der Waals surface area contributed by atoms with E-state index in [0.29, 0.717) is 0 Å². The molecule has 1 aromatic rings. The number of rotatable bonds is 0. The molecule has 1 aromatic heterocycles. The lowest BCUT2D eigenvalue weighted by molar-refractivity contribution is 0.121. The molecule has 0 aromatic carbocycles. The Morgan fingerprint density at radius 3 is 2.33 bits per heavy atom. The Balaban J connectivity index is 2.87. The summed E-state index contributed by atoms with van der Waals surface area (Å²) in [4.78, 5) is 0. The minimum absolute atomic E-state index is 0.926. The maximum Gasteiger partial charge on any atom is 0.181 e. The molecule has 0 unspecified atom stereocenters. The first-order valence-corrected chi connectivity index (χ1v) is 1.76. The summed E-state index contributed by atoms with van der Waals surface area (Å²) >= 11 is 0. The summed E-state index contributed by atoms with van der Waals surface area (Å²) in [6, 6.07) is 0. The van der Waals surface area contributed by atoms with Gasteiger partial charge < -0.3 is 0 Å². The molecule has 0 radical (unpaired) electrons. The molecule has 0 saturated heterocycles. The molecule has 0 spiro atoms. The normalized spacial score (nSPS) is 9.67. The van der Waals surface area contributed by atoms with Gasteiger partial charge in [-0.15, -0.1) is 0 Å². The van der Waals surface area contributed by atoms with E-state index in [1.165, 1.54) is 0 Å². The second-order valence-corrected chi connectivity index (χ2v) is 1.22. The van der Waals surface area contributed by atoms with Gasteiger partial charge in [0.15, 0.2) is 5.82 Å². The number of nitrogens with zero attached hydrogens (tertiary/aromatic N) is 2. The smallest absolute Gasteiger partial charge is 0.181 e. The quantitative estimate of drug-likeness (QED) is 0.455. The summed E-state index contributed by atoms with van der Waals surface area (Å²) in [6.45, 7) is 1.88.